The van der Waals surface area contributed by atoms with E-state index in [4.69, 9.17) is 4.74 Å². The van der Waals surface area contributed by atoms with Crippen molar-refractivity contribution in [3.05, 3.63) is 64.7 Å². The number of halogens is 2. The average molecular weight is 291 g/mol. The minimum atomic E-state index is -0.405. The van der Waals surface area contributed by atoms with Gasteiger partial charge in [0.05, 0.1) is 13.2 Å². The highest BCUT2D eigenvalue weighted by atomic mass is 19.1. The van der Waals surface area contributed by atoms with E-state index in [1.165, 1.54) is 25.3 Å². The number of hydrogen-bond acceptors (Lipinski definition) is 2. The summed E-state index contributed by atoms with van der Waals surface area (Å²) in [4.78, 5) is 0. The van der Waals surface area contributed by atoms with Crippen LogP contribution < -0.4 is 10.1 Å². The Balaban J connectivity index is 2.45. The summed E-state index contributed by atoms with van der Waals surface area (Å²) < 4.78 is 32.1. The second-order valence-corrected chi connectivity index (χ2v) is 4.89. The topological polar surface area (TPSA) is 21.3 Å². The molecule has 2 nitrogen and oxygen atoms in total. The quantitative estimate of drug-likeness (QED) is 0.899. The first-order valence-corrected chi connectivity index (χ1v) is 6.89. The lowest BCUT2D eigenvalue weighted by atomic mass is 9.94. The maximum absolute atomic E-state index is 13.9. The van der Waals surface area contributed by atoms with Gasteiger partial charge >= 0.3 is 0 Å². The van der Waals surface area contributed by atoms with E-state index in [0.29, 0.717) is 0 Å². The molecule has 0 amide bonds. The van der Waals surface area contributed by atoms with Crippen LogP contribution >= 0.6 is 0 Å². The molecule has 112 valence electrons. The summed E-state index contributed by atoms with van der Waals surface area (Å²) in [6, 6.07) is 9.34. The highest BCUT2D eigenvalue weighted by molar-refractivity contribution is 5.39. The highest BCUT2D eigenvalue weighted by Crippen LogP contribution is 2.28. The average Bonchev–Trinajstić information content (AvgIpc) is 2.45. The van der Waals surface area contributed by atoms with E-state index in [-0.39, 0.29) is 17.6 Å². The van der Waals surface area contributed by atoms with Crippen molar-refractivity contribution >= 4 is 0 Å². The van der Waals surface area contributed by atoms with E-state index in [0.717, 1.165) is 23.2 Å². The third kappa shape index (κ3) is 3.39. The molecule has 4 heteroatoms. The Hall–Kier alpha value is -1.94. The van der Waals surface area contributed by atoms with Gasteiger partial charge in [0.1, 0.15) is 5.82 Å². The van der Waals surface area contributed by atoms with Crippen LogP contribution in [0, 0.1) is 18.6 Å². The molecule has 0 radical (unpaired) electrons. The second-order valence-electron chi connectivity index (χ2n) is 4.89. The molecule has 0 fully saturated rings. The zero-order chi connectivity index (χ0) is 15.4. The van der Waals surface area contributed by atoms with Crippen molar-refractivity contribution in [2.45, 2.75) is 19.9 Å². The Morgan fingerprint density at radius 1 is 1.14 bits per heavy atom. The first kappa shape index (κ1) is 15.4. The Morgan fingerprint density at radius 3 is 2.48 bits per heavy atom. The summed E-state index contributed by atoms with van der Waals surface area (Å²) in [5.74, 6) is -0.463. The molecule has 1 N–H and O–H groups in total. The number of hydrogen-bond donors (Lipinski definition) is 1. The van der Waals surface area contributed by atoms with Crippen molar-refractivity contribution in [2.24, 2.45) is 0 Å². The maximum Gasteiger partial charge on any atom is 0.165 e. The minimum absolute atomic E-state index is 0.184. The van der Waals surface area contributed by atoms with Gasteiger partial charge < -0.3 is 10.1 Å². The molecule has 0 saturated heterocycles. The summed E-state index contributed by atoms with van der Waals surface area (Å²) >= 11 is 0. The van der Waals surface area contributed by atoms with Crippen LogP contribution in [-0.2, 0) is 0 Å². The molecule has 0 aliphatic rings. The number of aryl methyl sites for hydroxylation is 1. The molecule has 0 aliphatic carbocycles. The number of rotatable bonds is 5. The van der Waals surface area contributed by atoms with Crippen LogP contribution in [0.3, 0.4) is 0 Å². The number of methoxy groups -OCH3 is 1. The zero-order valence-electron chi connectivity index (χ0n) is 12.4. The van der Waals surface area contributed by atoms with Gasteiger partial charge in [-0.2, -0.15) is 0 Å². The molecule has 2 rings (SSSR count). The molecular weight excluding hydrogens is 272 g/mol. The minimum Gasteiger partial charge on any atom is -0.494 e. The SMILES string of the molecule is CCNC(c1ccc(OC)c(F)c1)c1ccc(F)cc1C. The third-order valence-corrected chi connectivity index (χ3v) is 3.46. The standard InChI is InChI=1S/C17H19F2NO/c1-4-20-17(14-7-6-13(18)9-11(14)2)12-5-8-16(21-3)15(19)10-12/h5-10,17,20H,4H2,1-3H3. The molecule has 0 aromatic heterocycles. The van der Waals surface area contributed by atoms with Gasteiger partial charge in [0.2, 0.25) is 0 Å². The Morgan fingerprint density at radius 2 is 1.90 bits per heavy atom. The molecule has 1 unspecified atom stereocenters. The zero-order valence-corrected chi connectivity index (χ0v) is 12.4. The van der Waals surface area contributed by atoms with Gasteiger partial charge in [-0.15, -0.1) is 0 Å². The van der Waals surface area contributed by atoms with Crippen LogP contribution in [-0.4, -0.2) is 13.7 Å². The summed E-state index contributed by atoms with van der Waals surface area (Å²) in [6.07, 6.45) is 0. The number of nitrogens with one attached hydrogen (secondary N) is 1. The number of benzene rings is 2. The van der Waals surface area contributed by atoms with Gasteiger partial charge in [0.25, 0.3) is 0 Å². The Bertz CT molecular complexity index is 628. The van der Waals surface area contributed by atoms with Crippen LogP contribution in [0.15, 0.2) is 36.4 Å². The summed E-state index contributed by atoms with van der Waals surface area (Å²) in [5.41, 5.74) is 2.55. The lowest BCUT2D eigenvalue weighted by Gasteiger charge is -2.21. The first-order valence-electron chi connectivity index (χ1n) is 6.89. The van der Waals surface area contributed by atoms with E-state index >= 15 is 0 Å². The van der Waals surface area contributed by atoms with Crippen LogP contribution in [0.1, 0.15) is 29.7 Å². The second kappa shape index (κ2) is 6.68. The van der Waals surface area contributed by atoms with E-state index in [1.54, 1.807) is 12.1 Å². The fourth-order valence-corrected chi connectivity index (χ4v) is 2.44. The predicted molar refractivity (Wildman–Crippen MR) is 79.6 cm³/mol. The fourth-order valence-electron chi connectivity index (χ4n) is 2.44. The van der Waals surface area contributed by atoms with Crippen molar-refractivity contribution in [1.82, 2.24) is 5.32 Å². The van der Waals surface area contributed by atoms with Gasteiger partial charge in [0.15, 0.2) is 11.6 Å². The summed E-state index contributed by atoms with van der Waals surface area (Å²) in [5, 5.41) is 3.31. The molecule has 21 heavy (non-hydrogen) atoms. The Labute approximate surface area is 123 Å². The lowest BCUT2D eigenvalue weighted by molar-refractivity contribution is 0.385. The smallest absolute Gasteiger partial charge is 0.165 e. The van der Waals surface area contributed by atoms with Crippen molar-refractivity contribution in [1.29, 1.82) is 0 Å². The van der Waals surface area contributed by atoms with Gasteiger partial charge in [-0.25, -0.2) is 8.78 Å². The van der Waals surface area contributed by atoms with E-state index in [2.05, 4.69) is 5.32 Å². The third-order valence-electron chi connectivity index (χ3n) is 3.46. The molecule has 2 aromatic rings. The Kier molecular flexibility index (Phi) is 4.91. The lowest BCUT2D eigenvalue weighted by Crippen LogP contribution is -2.23. The van der Waals surface area contributed by atoms with Gasteiger partial charge in [-0.1, -0.05) is 19.1 Å². The van der Waals surface area contributed by atoms with Gasteiger partial charge in [-0.3, -0.25) is 0 Å². The largest absolute Gasteiger partial charge is 0.494 e. The first-order chi connectivity index (χ1) is 10.1. The molecule has 0 bridgehead atoms. The molecule has 1 atom stereocenters. The van der Waals surface area contributed by atoms with E-state index in [9.17, 15) is 8.78 Å². The number of ether oxygens (including phenoxy) is 1. The molecule has 0 heterocycles. The molecular formula is C17H19F2NO. The summed E-state index contributed by atoms with van der Waals surface area (Å²) in [6.45, 7) is 4.55. The van der Waals surface area contributed by atoms with Crippen molar-refractivity contribution in [3.8, 4) is 5.75 Å². The monoisotopic (exact) mass is 291 g/mol. The van der Waals surface area contributed by atoms with Crippen LogP contribution in [0.25, 0.3) is 0 Å². The predicted octanol–water partition coefficient (Wildman–Crippen LogP) is 3.98. The summed E-state index contributed by atoms with van der Waals surface area (Å²) in [7, 11) is 1.43. The van der Waals surface area contributed by atoms with E-state index < -0.39 is 5.82 Å². The maximum atomic E-state index is 13.9. The van der Waals surface area contributed by atoms with Crippen molar-refractivity contribution in [2.75, 3.05) is 13.7 Å². The normalized spacial score (nSPS) is 12.2. The van der Waals surface area contributed by atoms with Gasteiger partial charge in [0, 0.05) is 0 Å². The molecule has 0 saturated carbocycles. The fraction of sp³-hybridized carbons (Fsp3) is 0.294. The van der Waals surface area contributed by atoms with Crippen LogP contribution in [0.5, 0.6) is 5.75 Å². The highest BCUT2D eigenvalue weighted by Gasteiger charge is 2.17. The van der Waals surface area contributed by atoms with Gasteiger partial charge in [-0.05, 0) is 54.4 Å². The van der Waals surface area contributed by atoms with Crippen molar-refractivity contribution < 1.29 is 13.5 Å². The van der Waals surface area contributed by atoms with Crippen LogP contribution in [0.4, 0.5) is 8.78 Å². The van der Waals surface area contributed by atoms with E-state index in [1.807, 2.05) is 19.9 Å². The molecule has 0 spiro atoms. The van der Waals surface area contributed by atoms with Crippen LogP contribution in [0.2, 0.25) is 0 Å². The molecule has 0 aliphatic heterocycles. The van der Waals surface area contributed by atoms with Crippen molar-refractivity contribution in [3.63, 3.8) is 0 Å². The molecule has 2 aromatic carbocycles.